The van der Waals surface area contributed by atoms with Crippen LogP contribution in [0.3, 0.4) is 0 Å². The zero-order valence-electron chi connectivity index (χ0n) is 15.5. The quantitative estimate of drug-likeness (QED) is 0.775. The topological polar surface area (TPSA) is 61.4 Å². The summed E-state index contributed by atoms with van der Waals surface area (Å²) in [5.74, 6) is 0.413. The van der Waals surface area contributed by atoms with E-state index in [1.54, 1.807) is 0 Å². The van der Waals surface area contributed by atoms with E-state index in [9.17, 15) is 9.90 Å². The molecule has 4 heteroatoms. The van der Waals surface area contributed by atoms with Crippen molar-refractivity contribution in [3.63, 3.8) is 0 Å². The van der Waals surface area contributed by atoms with Gasteiger partial charge in [-0.25, -0.2) is 0 Å². The summed E-state index contributed by atoms with van der Waals surface area (Å²) < 4.78 is 0. The van der Waals surface area contributed by atoms with Gasteiger partial charge in [-0.05, 0) is 35.6 Å². The van der Waals surface area contributed by atoms with Crippen LogP contribution in [0.2, 0.25) is 0 Å². The fourth-order valence-electron chi connectivity index (χ4n) is 3.65. The Bertz CT molecular complexity index is 728. The number of aliphatic hydroxyl groups excluding tert-OH is 1. The third-order valence-corrected chi connectivity index (χ3v) is 5.27. The van der Waals surface area contributed by atoms with Crippen LogP contribution in [0.4, 0.5) is 0 Å². The predicted molar refractivity (Wildman–Crippen MR) is 104 cm³/mol. The zero-order chi connectivity index (χ0) is 18.6. The molecule has 4 nitrogen and oxygen atoms in total. The van der Waals surface area contributed by atoms with Crippen LogP contribution in [0.15, 0.2) is 54.6 Å². The summed E-state index contributed by atoms with van der Waals surface area (Å²) >= 11 is 0. The molecular weight excluding hydrogens is 324 g/mol. The highest BCUT2D eigenvalue weighted by Gasteiger charge is 2.42. The Morgan fingerprint density at radius 3 is 2.50 bits per heavy atom. The minimum absolute atomic E-state index is 0.0629. The summed E-state index contributed by atoms with van der Waals surface area (Å²) in [6, 6.07) is 18.0. The summed E-state index contributed by atoms with van der Waals surface area (Å²) in [5, 5.41) is 17.1. The highest BCUT2D eigenvalue weighted by molar-refractivity contribution is 5.79. The SMILES string of the molecule is CC(C)c1ccc(CC(=O)N[C@@]2(c3ccccc3)CCNC[C@H]2O)cc1. The highest BCUT2D eigenvalue weighted by Crippen LogP contribution is 2.31. The van der Waals surface area contributed by atoms with Crippen LogP contribution in [-0.4, -0.2) is 30.2 Å². The summed E-state index contributed by atoms with van der Waals surface area (Å²) in [6.45, 7) is 5.54. The maximum absolute atomic E-state index is 12.8. The molecule has 0 saturated carbocycles. The Kier molecular flexibility index (Phi) is 5.74. The molecule has 2 aromatic carbocycles. The van der Waals surface area contributed by atoms with Crippen LogP contribution in [0.5, 0.6) is 0 Å². The van der Waals surface area contributed by atoms with E-state index in [2.05, 4.69) is 36.6 Å². The maximum atomic E-state index is 12.8. The lowest BCUT2D eigenvalue weighted by Gasteiger charge is -2.43. The molecule has 138 valence electrons. The number of carbonyl (C=O) groups excluding carboxylic acids is 1. The van der Waals surface area contributed by atoms with Gasteiger partial charge in [-0.3, -0.25) is 4.79 Å². The van der Waals surface area contributed by atoms with E-state index >= 15 is 0 Å². The number of nitrogens with one attached hydrogen (secondary N) is 2. The normalized spacial score (nSPS) is 23.0. The molecule has 0 aliphatic carbocycles. The van der Waals surface area contributed by atoms with Gasteiger partial charge in [-0.15, -0.1) is 0 Å². The Labute approximate surface area is 155 Å². The molecule has 0 aromatic heterocycles. The Morgan fingerprint density at radius 1 is 1.19 bits per heavy atom. The summed E-state index contributed by atoms with van der Waals surface area (Å²) in [5.41, 5.74) is 2.47. The monoisotopic (exact) mass is 352 g/mol. The number of benzene rings is 2. The largest absolute Gasteiger partial charge is 0.389 e. The van der Waals surface area contributed by atoms with Crippen molar-refractivity contribution in [1.29, 1.82) is 0 Å². The van der Waals surface area contributed by atoms with Crippen molar-refractivity contribution in [3.05, 3.63) is 71.3 Å². The van der Waals surface area contributed by atoms with Crippen molar-refractivity contribution in [2.24, 2.45) is 0 Å². The number of hydrogen-bond acceptors (Lipinski definition) is 3. The molecule has 0 radical (unpaired) electrons. The number of piperidine rings is 1. The number of carbonyl (C=O) groups is 1. The first kappa shape index (κ1) is 18.6. The summed E-state index contributed by atoms with van der Waals surface area (Å²) in [4.78, 5) is 12.8. The molecule has 0 bridgehead atoms. The first-order chi connectivity index (χ1) is 12.5. The minimum atomic E-state index is -0.735. The van der Waals surface area contributed by atoms with Gasteiger partial charge in [0.1, 0.15) is 0 Å². The van der Waals surface area contributed by atoms with E-state index in [-0.39, 0.29) is 5.91 Å². The smallest absolute Gasteiger partial charge is 0.225 e. The second-order valence-corrected chi connectivity index (χ2v) is 7.43. The predicted octanol–water partition coefficient (Wildman–Crippen LogP) is 2.72. The van der Waals surface area contributed by atoms with Crippen molar-refractivity contribution in [1.82, 2.24) is 10.6 Å². The van der Waals surface area contributed by atoms with Gasteiger partial charge in [0.15, 0.2) is 0 Å². The van der Waals surface area contributed by atoms with Gasteiger partial charge < -0.3 is 15.7 Å². The third-order valence-electron chi connectivity index (χ3n) is 5.27. The first-order valence-electron chi connectivity index (χ1n) is 9.35. The van der Waals surface area contributed by atoms with Crippen LogP contribution in [0.25, 0.3) is 0 Å². The summed E-state index contributed by atoms with van der Waals surface area (Å²) in [6.07, 6.45) is 0.314. The summed E-state index contributed by atoms with van der Waals surface area (Å²) in [7, 11) is 0. The molecule has 1 heterocycles. The average molecular weight is 352 g/mol. The average Bonchev–Trinajstić information content (AvgIpc) is 2.65. The van der Waals surface area contributed by atoms with Crippen molar-refractivity contribution in [2.75, 3.05) is 13.1 Å². The highest BCUT2D eigenvalue weighted by atomic mass is 16.3. The van der Waals surface area contributed by atoms with E-state index < -0.39 is 11.6 Å². The standard InChI is InChI=1S/C22H28N2O2/c1-16(2)18-10-8-17(9-11-18)14-21(26)24-22(12-13-23-15-20(22)25)19-6-4-3-5-7-19/h3-11,16,20,23,25H,12-15H2,1-2H3,(H,24,26)/t20-,22-/m1/s1. The first-order valence-corrected chi connectivity index (χ1v) is 9.35. The molecule has 3 rings (SSSR count). The molecule has 26 heavy (non-hydrogen) atoms. The molecule has 1 aliphatic rings. The van der Waals surface area contributed by atoms with Crippen molar-refractivity contribution in [2.45, 2.75) is 44.2 Å². The number of hydrogen-bond donors (Lipinski definition) is 3. The molecule has 0 spiro atoms. The van der Waals surface area contributed by atoms with Crippen molar-refractivity contribution in [3.8, 4) is 0 Å². The Hall–Kier alpha value is -2.17. The minimum Gasteiger partial charge on any atom is -0.389 e. The van der Waals surface area contributed by atoms with E-state index in [4.69, 9.17) is 0 Å². The zero-order valence-corrected chi connectivity index (χ0v) is 15.5. The molecule has 0 unspecified atom stereocenters. The fraction of sp³-hybridized carbons (Fsp3) is 0.409. The van der Waals surface area contributed by atoms with E-state index in [0.29, 0.717) is 25.3 Å². The van der Waals surface area contributed by atoms with E-state index in [0.717, 1.165) is 17.7 Å². The van der Waals surface area contributed by atoms with Gasteiger partial charge >= 0.3 is 0 Å². The van der Waals surface area contributed by atoms with Crippen LogP contribution < -0.4 is 10.6 Å². The van der Waals surface area contributed by atoms with Gasteiger partial charge in [0.25, 0.3) is 0 Å². The van der Waals surface area contributed by atoms with Crippen LogP contribution >= 0.6 is 0 Å². The van der Waals surface area contributed by atoms with Crippen LogP contribution in [-0.2, 0) is 16.8 Å². The Morgan fingerprint density at radius 2 is 1.88 bits per heavy atom. The molecule has 1 amide bonds. The van der Waals surface area contributed by atoms with Gasteiger partial charge in [0, 0.05) is 6.54 Å². The maximum Gasteiger partial charge on any atom is 0.225 e. The van der Waals surface area contributed by atoms with Crippen LogP contribution in [0, 0.1) is 0 Å². The second kappa shape index (κ2) is 8.02. The number of amides is 1. The van der Waals surface area contributed by atoms with Crippen molar-refractivity contribution < 1.29 is 9.90 Å². The van der Waals surface area contributed by atoms with Gasteiger partial charge in [-0.1, -0.05) is 68.4 Å². The van der Waals surface area contributed by atoms with Gasteiger partial charge in [0.2, 0.25) is 5.91 Å². The molecule has 2 atom stereocenters. The molecule has 1 fully saturated rings. The molecule has 1 saturated heterocycles. The molecule has 1 aliphatic heterocycles. The lowest BCUT2D eigenvalue weighted by atomic mass is 9.79. The number of β-amino-alcohol motifs (C(OH)–C–C–N with tert-alkyl or cyclic N) is 1. The molecule has 3 N–H and O–H groups in total. The van der Waals surface area contributed by atoms with Crippen LogP contribution in [0.1, 0.15) is 42.9 Å². The molecular formula is C22H28N2O2. The van der Waals surface area contributed by atoms with Gasteiger partial charge in [0.05, 0.1) is 18.1 Å². The molecule has 2 aromatic rings. The van der Waals surface area contributed by atoms with Crippen molar-refractivity contribution >= 4 is 5.91 Å². The lowest BCUT2D eigenvalue weighted by Crippen LogP contribution is -2.61. The lowest BCUT2D eigenvalue weighted by molar-refractivity contribution is -0.125. The van der Waals surface area contributed by atoms with Gasteiger partial charge in [-0.2, -0.15) is 0 Å². The number of aliphatic hydroxyl groups is 1. The van der Waals surface area contributed by atoms with E-state index in [1.165, 1.54) is 5.56 Å². The third kappa shape index (κ3) is 3.97. The fourth-order valence-corrected chi connectivity index (χ4v) is 3.65. The van der Waals surface area contributed by atoms with E-state index in [1.807, 2.05) is 42.5 Å². The second-order valence-electron chi connectivity index (χ2n) is 7.43. The Balaban J connectivity index is 1.77. The number of rotatable bonds is 5.